The highest BCUT2D eigenvalue weighted by Gasteiger charge is 2.60. The zero-order valence-corrected chi connectivity index (χ0v) is 15.3. The first-order valence-corrected chi connectivity index (χ1v) is 8.72. The maximum Gasteiger partial charge on any atom is 0.397 e. The quantitative estimate of drug-likeness (QED) is 0.707. The Morgan fingerprint density at radius 3 is 2.25 bits per heavy atom. The van der Waals surface area contributed by atoms with Crippen LogP contribution in [0.4, 0.5) is 17.6 Å². The fraction of sp³-hybridized carbons (Fsp3) is 0.227. The van der Waals surface area contributed by atoms with E-state index in [4.69, 9.17) is 0 Å². The minimum Gasteiger partial charge on any atom is -0.358 e. The molecule has 0 aromatic heterocycles. The average Bonchev–Trinajstić information content (AvgIpc) is 2.69. The first kappa shape index (κ1) is 19.9. The smallest absolute Gasteiger partial charge is 0.358 e. The van der Waals surface area contributed by atoms with Crippen LogP contribution in [0.5, 0.6) is 0 Å². The molecule has 0 spiro atoms. The third kappa shape index (κ3) is 3.13. The number of likely N-dealkylation sites (N-methyl/N-ethyl adjacent to an activating group) is 1. The van der Waals surface area contributed by atoms with Gasteiger partial charge in [-0.2, -0.15) is 13.2 Å². The summed E-state index contributed by atoms with van der Waals surface area (Å²) in [5, 5.41) is 2.35. The van der Waals surface area contributed by atoms with Crippen molar-refractivity contribution in [3.63, 3.8) is 0 Å². The van der Waals surface area contributed by atoms with E-state index in [1.54, 1.807) is 48.5 Å². The van der Waals surface area contributed by atoms with Gasteiger partial charge in [0.2, 0.25) is 5.91 Å². The molecule has 3 rings (SSSR count). The van der Waals surface area contributed by atoms with Crippen LogP contribution in [0.1, 0.15) is 12.5 Å². The molecule has 2 aromatic rings. The Morgan fingerprint density at radius 1 is 1.04 bits per heavy atom. The van der Waals surface area contributed by atoms with Crippen LogP contribution >= 0.6 is 0 Å². The molecule has 2 atom stereocenters. The zero-order valence-electron chi connectivity index (χ0n) is 15.3. The molecule has 1 N–H and O–H groups in total. The maximum atomic E-state index is 14.2. The number of amides is 1. The van der Waals surface area contributed by atoms with Gasteiger partial charge in [0.15, 0.2) is 0 Å². The van der Waals surface area contributed by atoms with Crippen molar-refractivity contribution in [3.05, 3.63) is 83.7 Å². The third-order valence-electron chi connectivity index (χ3n) is 5.15. The third-order valence-corrected chi connectivity index (χ3v) is 5.15. The monoisotopic (exact) mass is 389 g/mol. The van der Waals surface area contributed by atoms with Crippen LogP contribution in [-0.2, 0) is 10.2 Å². The van der Waals surface area contributed by atoms with E-state index < -0.39 is 34.8 Å². The lowest BCUT2D eigenvalue weighted by molar-refractivity contribution is -0.182. The van der Waals surface area contributed by atoms with E-state index in [-0.39, 0.29) is 5.56 Å². The van der Waals surface area contributed by atoms with Gasteiger partial charge in [-0.3, -0.25) is 4.79 Å². The van der Waals surface area contributed by atoms with Gasteiger partial charge in [0.05, 0.1) is 0 Å². The minimum absolute atomic E-state index is 0.172. The number of carbonyl (C=O) groups excluding carboxylic acids is 1. The first-order valence-electron chi connectivity index (χ1n) is 8.72. The molecule has 0 bridgehead atoms. The van der Waals surface area contributed by atoms with Gasteiger partial charge in [-0.25, -0.2) is 4.39 Å². The van der Waals surface area contributed by atoms with Gasteiger partial charge in [-0.15, -0.1) is 0 Å². The molecule has 0 heterocycles. The van der Waals surface area contributed by atoms with Gasteiger partial charge >= 0.3 is 6.18 Å². The molecule has 6 heteroatoms. The molecular formula is C22H19F4NO. The number of hydrogen-bond acceptors (Lipinski definition) is 1. The number of hydrogen-bond donors (Lipinski definition) is 1. The largest absolute Gasteiger partial charge is 0.397 e. The number of allylic oxidation sites excluding steroid dienone is 3. The van der Waals surface area contributed by atoms with Gasteiger partial charge in [-0.1, -0.05) is 60.7 Å². The van der Waals surface area contributed by atoms with Gasteiger partial charge in [0.1, 0.15) is 17.2 Å². The maximum absolute atomic E-state index is 14.2. The van der Waals surface area contributed by atoms with Gasteiger partial charge < -0.3 is 5.32 Å². The summed E-state index contributed by atoms with van der Waals surface area (Å²) in [6.45, 7) is 1.08. The summed E-state index contributed by atoms with van der Waals surface area (Å²) in [6, 6.07) is 15.3. The van der Waals surface area contributed by atoms with Crippen molar-refractivity contribution in [1.82, 2.24) is 5.32 Å². The SMILES string of the molecule is CNC(=O)C1(c2ccccc2-c2ccccc2)C=CC(F)=C(C)C1C(F)(F)F. The standard InChI is InChI=1S/C22H19F4NO/c1-14-18(23)12-13-21(20(28)27-2,19(14)22(24,25)26)17-11-7-6-10-16(17)15-8-4-3-5-9-15/h3-13,19H,1-2H3,(H,27,28). The topological polar surface area (TPSA) is 29.1 Å². The number of halogens is 4. The van der Waals surface area contributed by atoms with Crippen molar-refractivity contribution < 1.29 is 22.4 Å². The molecule has 2 unspecified atom stereocenters. The molecular weight excluding hydrogens is 370 g/mol. The van der Waals surface area contributed by atoms with Gasteiger partial charge in [0.25, 0.3) is 0 Å². The molecule has 1 aliphatic rings. The summed E-state index contributed by atoms with van der Waals surface area (Å²) in [5.41, 5.74) is -1.31. The average molecular weight is 389 g/mol. The van der Waals surface area contributed by atoms with Crippen molar-refractivity contribution in [3.8, 4) is 11.1 Å². The van der Waals surface area contributed by atoms with Crippen molar-refractivity contribution in [1.29, 1.82) is 0 Å². The van der Waals surface area contributed by atoms with Crippen LogP contribution in [0.25, 0.3) is 11.1 Å². The Kier molecular flexibility index (Phi) is 5.15. The molecule has 0 saturated heterocycles. The van der Waals surface area contributed by atoms with Crippen LogP contribution in [0, 0.1) is 5.92 Å². The van der Waals surface area contributed by atoms with Crippen LogP contribution in [0.15, 0.2) is 78.1 Å². The summed E-state index contributed by atoms with van der Waals surface area (Å²) in [5.74, 6) is -4.14. The van der Waals surface area contributed by atoms with Gasteiger partial charge in [0, 0.05) is 7.05 Å². The van der Waals surface area contributed by atoms with E-state index in [1.807, 2.05) is 0 Å². The Morgan fingerprint density at radius 2 is 1.64 bits per heavy atom. The van der Waals surface area contributed by atoms with Crippen molar-refractivity contribution in [2.75, 3.05) is 7.05 Å². The highest BCUT2D eigenvalue weighted by Crippen LogP contribution is 2.52. The molecule has 0 aliphatic heterocycles. The molecule has 1 aliphatic carbocycles. The Bertz CT molecular complexity index is 947. The number of nitrogens with one attached hydrogen (secondary N) is 1. The van der Waals surface area contributed by atoms with E-state index in [2.05, 4.69) is 5.32 Å². The molecule has 0 fully saturated rings. The van der Waals surface area contributed by atoms with Gasteiger partial charge in [-0.05, 0) is 35.3 Å². The second-order valence-electron chi connectivity index (χ2n) is 6.70. The van der Waals surface area contributed by atoms with Crippen molar-refractivity contribution in [2.45, 2.75) is 18.5 Å². The van der Waals surface area contributed by atoms with Crippen LogP contribution in [0.3, 0.4) is 0 Å². The van der Waals surface area contributed by atoms with E-state index in [0.29, 0.717) is 11.1 Å². The summed E-state index contributed by atoms with van der Waals surface area (Å²) >= 11 is 0. The molecule has 2 aromatic carbocycles. The summed E-state index contributed by atoms with van der Waals surface area (Å²) in [7, 11) is 1.28. The zero-order chi connectivity index (χ0) is 20.5. The molecule has 28 heavy (non-hydrogen) atoms. The molecule has 0 radical (unpaired) electrons. The van der Waals surface area contributed by atoms with E-state index in [9.17, 15) is 22.4 Å². The van der Waals surface area contributed by atoms with Crippen LogP contribution in [-0.4, -0.2) is 19.1 Å². The fourth-order valence-electron chi connectivity index (χ4n) is 3.91. The Hall–Kier alpha value is -2.89. The lowest BCUT2D eigenvalue weighted by Gasteiger charge is -2.41. The number of rotatable bonds is 3. The van der Waals surface area contributed by atoms with Crippen LogP contribution in [0.2, 0.25) is 0 Å². The minimum atomic E-state index is -4.83. The second-order valence-corrected chi connectivity index (χ2v) is 6.70. The summed E-state index contributed by atoms with van der Waals surface area (Å²) in [6.07, 6.45) is -2.84. The van der Waals surface area contributed by atoms with E-state index in [0.717, 1.165) is 19.1 Å². The molecule has 1 amide bonds. The normalized spacial score (nSPS) is 22.3. The molecule has 146 valence electrons. The Balaban J connectivity index is 2.38. The van der Waals surface area contributed by atoms with E-state index >= 15 is 0 Å². The Labute approximate surface area is 160 Å². The fourth-order valence-corrected chi connectivity index (χ4v) is 3.91. The highest BCUT2D eigenvalue weighted by molar-refractivity contribution is 5.94. The number of carbonyl (C=O) groups is 1. The summed E-state index contributed by atoms with van der Waals surface area (Å²) in [4.78, 5) is 13.0. The highest BCUT2D eigenvalue weighted by atomic mass is 19.4. The molecule has 0 saturated carbocycles. The summed E-state index contributed by atoms with van der Waals surface area (Å²) < 4.78 is 56.7. The predicted octanol–water partition coefficient (Wildman–Crippen LogP) is 5.33. The first-order chi connectivity index (χ1) is 13.2. The van der Waals surface area contributed by atoms with Crippen molar-refractivity contribution >= 4 is 5.91 Å². The molecule has 2 nitrogen and oxygen atoms in total. The van der Waals surface area contributed by atoms with Crippen LogP contribution < -0.4 is 5.32 Å². The lowest BCUT2D eigenvalue weighted by Crippen LogP contribution is -2.54. The number of benzene rings is 2. The van der Waals surface area contributed by atoms with E-state index in [1.165, 1.54) is 13.1 Å². The second kappa shape index (κ2) is 7.26. The van der Waals surface area contributed by atoms with Crippen molar-refractivity contribution in [2.24, 2.45) is 5.92 Å². The predicted molar refractivity (Wildman–Crippen MR) is 100 cm³/mol. The lowest BCUT2D eigenvalue weighted by atomic mass is 9.62. The number of alkyl halides is 3.